The van der Waals surface area contributed by atoms with E-state index in [1.807, 2.05) is 31.2 Å². The molecule has 1 unspecified atom stereocenters. The molecule has 1 aliphatic heterocycles. The fourth-order valence-electron chi connectivity index (χ4n) is 2.80. The molecule has 0 saturated carbocycles. The minimum absolute atomic E-state index is 0.249. The Bertz CT molecular complexity index is 956. The van der Waals surface area contributed by atoms with Crippen LogP contribution < -0.4 is 0 Å². The van der Waals surface area contributed by atoms with Crippen LogP contribution in [0.1, 0.15) is 12.0 Å². The molecule has 3 aromatic rings. The molecule has 0 bridgehead atoms. The standard InChI is InChI=1S/C19H16FN3O2S/c1-12-6-8-13(9-7-12)23-17(14-4-2-3-5-15(14)20)21-22-19(23)26-16-10-11-25-18(16)24/h2-9,16H,10-11H2,1H3. The van der Waals surface area contributed by atoms with E-state index in [9.17, 15) is 9.18 Å². The molecule has 26 heavy (non-hydrogen) atoms. The molecule has 132 valence electrons. The number of carbonyl (C=O) groups excluding carboxylic acids is 1. The van der Waals surface area contributed by atoms with Gasteiger partial charge in [-0.3, -0.25) is 9.36 Å². The first-order chi connectivity index (χ1) is 12.6. The number of benzene rings is 2. The lowest BCUT2D eigenvalue weighted by molar-refractivity contribution is -0.137. The largest absolute Gasteiger partial charge is 0.465 e. The van der Waals surface area contributed by atoms with E-state index >= 15 is 0 Å². The van der Waals surface area contributed by atoms with Gasteiger partial charge < -0.3 is 4.74 Å². The highest BCUT2D eigenvalue weighted by atomic mass is 32.2. The number of aryl methyl sites for hydroxylation is 1. The van der Waals surface area contributed by atoms with E-state index in [0.29, 0.717) is 29.6 Å². The Balaban J connectivity index is 1.83. The monoisotopic (exact) mass is 369 g/mol. The molecule has 1 aromatic heterocycles. The fraction of sp³-hybridized carbons (Fsp3) is 0.211. The third kappa shape index (κ3) is 3.10. The van der Waals surface area contributed by atoms with Crippen molar-refractivity contribution >= 4 is 17.7 Å². The lowest BCUT2D eigenvalue weighted by Gasteiger charge is -2.12. The summed E-state index contributed by atoms with van der Waals surface area (Å²) in [5.74, 6) is -0.216. The molecule has 0 radical (unpaired) electrons. The lowest BCUT2D eigenvalue weighted by Crippen LogP contribution is -2.11. The summed E-state index contributed by atoms with van der Waals surface area (Å²) in [6, 6.07) is 14.3. The quantitative estimate of drug-likeness (QED) is 0.655. The van der Waals surface area contributed by atoms with Crippen molar-refractivity contribution in [3.63, 3.8) is 0 Å². The zero-order valence-corrected chi connectivity index (χ0v) is 14.9. The zero-order valence-electron chi connectivity index (χ0n) is 14.1. The van der Waals surface area contributed by atoms with Crippen LogP contribution in [0.2, 0.25) is 0 Å². The summed E-state index contributed by atoms with van der Waals surface area (Å²) in [5.41, 5.74) is 2.29. The van der Waals surface area contributed by atoms with Gasteiger partial charge in [-0.25, -0.2) is 4.39 Å². The Hall–Kier alpha value is -2.67. The Kier molecular flexibility index (Phi) is 4.46. The first kappa shape index (κ1) is 16.8. The smallest absolute Gasteiger partial charge is 0.319 e. The average Bonchev–Trinajstić information content (AvgIpc) is 3.23. The molecule has 2 heterocycles. The average molecular weight is 369 g/mol. The normalized spacial score (nSPS) is 16.7. The summed E-state index contributed by atoms with van der Waals surface area (Å²) in [7, 11) is 0. The Morgan fingerprint density at radius 1 is 1.15 bits per heavy atom. The second-order valence-electron chi connectivity index (χ2n) is 6.02. The van der Waals surface area contributed by atoms with Crippen molar-refractivity contribution in [2.24, 2.45) is 0 Å². The third-order valence-electron chi connectivity index (χ3n) is 4.18. The fourth-order valence-corrected chi connectivity index (χ4v) is 3.82. The molecule has 0 spiro atoms. The van der Waals surface area contributed by atoms with Gasteiger partial charge in [-0.1, -0.05) is 41.6 Å². The van der Waals surface area contributed by atoms with Crippen molar-refractivity contribution in [2.45, 2.75) is 23.8 Å². The third-order valence-corrected chi connectivity index (χ3v) is 5.36. The van der Waals surface area contributed by atoms with Gasteiger partial charge in [0, 0.05) is 12.1 Å². The first-order valence-electron chi connectivity index (χ1n) is 8.24. The SMILES string of the molecule is Cc1ccc(-n2c(SC3CCOC3=O)nnc2-c2ccccc2F)cc1. The van der Waals surface area contributed by atoms with Gasteiger partial charge in [-0.15, -0.1) is 10.2 Å². The van der Waals surface area contributed by atoms with Gasteiger partial charge in [0.1, 0.15) is 11.1 Å². The molecule has 2 aromatic carbocycles. The first-order valence-corrected chi connectivity index (χ1v) is 9.12. The number of hydrogen-bond acceptors (Lipinski definition) is 5. The topological polar surface area (TPSA) is 57.0 Å². The lowest BCUT2D eigenvalue weighted by atomic mass is 10.2. The number of rotatable bonds is 4. The van der Waals surface area contributed by atoms with Crippen LogP contribution in [-0.2, 0) is 9.53 Å². The molecule has 4 rings (SSSR count). The van der Waals surface area contributed by atoms with Gasteiger partial charge in [0.2, 0.25) is 0 Å². The van der Waals surface area contributed by atoms with E-state index in [-0.39, 0.29) is 17.0 Å². The zero-order chi connectivity index (χ0) is 18.1. The highest BCUT2D eigenvalue weighted by Crippen LogP contribution is 2.33. The minimum atomic E-state index is -0.370. The number of cyclic esters (lactones) is 1. The molecular weight excluding hydrogens is 353 g/mol. The highest BCUT2D eigenvalue weighted by molar-refractivity contribution is 8.00. The summed E-state index contributed by atoms with van der Waals surface area (Å²) in [6.45, 7) is 2.41. The Morgan fingerprint density at radius 3 is 2.62 bits per heavy atom. The van der Waals surface area contributed by atoms with Gasteiger partial charge in [0.05, 0.1) is 12.2 Å². The molecule has 5 nitrogen and oxygen atoms in total. The van der Waals surface area contributed by atoms with E-state index < -0.39 is 0 Å². The van der Waals surface area contributed by atoms with Crippen LogP contribution in [0.25, 0.3) is 17.1 Å². The van der Waals surface area contributed by atoms with E-state index in [1.54, 1.807) is 22.8 Å². The number of carbonyl (C=O) groups is 1. The van der Waals surface area contributed by atoms with Crippen LogP contribution >= 0.6 is 11.8 Å². The van der Waals surface area contributed by atoms with Crippen molar-refractivity contribution in [2.75, 3.05) is 6.61 Å². The van der Waals surface area contributed by atoms with Crippen LogP contribution in [-0.4, -0.2) is 32.6 Å². The maximum atomic E-state index is 14.3. The second-order valence-corrected chi connectivity index (χ2v) is 7.19. The van der Waals surface area contributed by atoms with Gasteiger partial charge in [-0.05, 0) is 31.2 Å². The minimum Gasteiger partial charge on any atom is -0.465 e. The van der Waals surface area contributed by atoms with Crippen molar-refractivity contribution in [3.05, 3.63) is 59.9 Å². The number of thioether (sulfide) groups is 1. The van der Waals surface area contributed by atoms with Crippen molar-refractivity contribution < 1.29 is 13.9 Å². The molecule has 7 heteroatoms. The molecule has 0 amide bonds. The maximum Gasteiger partial charge on any atom is 0.319 e. The summed E-state index contributed by atoms with van der Waals surface area (Å²) < 4.78 is 21.2. The van der Waals surface area contributed by atoms with Crippen LogP contribution in [0.3, 0.4) is 0 Å². The van der Waals surface area contributed by atoms with Gasteiger partial charge >= 0.3 is 5.97 Å². The molecule has 1 aliphatic rings. The summed E-state index contributed by atoms with van der Waals surface area (Å²) in [4.78, 5) is 11.8. The predicted octanol–water partition coefficient (Wildman–Crippen LogP) is 3.79. The predicted molar refractivity (Wildman–Crippen MR) is 96.7 cm³/mol. The van der Waals surface area contributed by atoms with E-state index in [2.05, 4.69) is 10.2 Å². The molecule has 1 atom stereocenters. The Labute approximate surface area is 154 Å². The van der Waals surface area contributed by atoms with Gasteiger partial charge in [0.15, 0.2) is 11.0 Å². The van der Waals surface area contributed by atoms with Gasteiger partial charge in [-0.2, -0.15) is 0 Å². The molecule has 1 fully saturated rings. The van der Waals surface area contributed by atoms with Crippen LogP contribution in [0.15, 0.2) is 53.7 Å². The molecule has 1 saturated heterocycles. The molecule has 0 aliphatic carbocycles. The van der Waals surface area contributed by atoms with Crippen molar-refractivity contribution in [1.29, 1.82) is 0 Å². The number of hydrogen-bond donors (Lipinski definition) is 0. The van der Waals surface area contributed by atoms with Crippen LogP contribution in [0.5, 0.6) is 0 Å². The second kappa shape index (κ2) is 6.92. The van der Waals surface area contributed by atoms with E-state index in [1.165, 1.54) is 17.8 Å². The summed E-state index contributed by atoms with van der Waals surface area (Å²) in [5, 5.41) is 8.66. The number of esters is 1. The van der Waals surface area contributed by atoms with E-state index in [0.717, 1.165) is 11.3 Å². The molecule has 0 N–H and O–H groups in total. The number of nitrogens with zero attached hydrogens (tertiary/aromatic N) is 3. The van der Waals surface area contributed by atoms with Gasteiger partial charge in [0.25, 0.3) is 0 Å². The Morgan fingerprint density at radius 2 is 1.92 bits per heavy atom. The number of halogens is 1. The highest BCUT2D eigenvalue weighted by Gasteiger charge is 2.30. The summed E-state index contributed by atoms with van der Waals surface area (Å²) in [6.07, 6.45) is 0.624. The number of ether oxygens (including phenoxy) is 1. The van der Waals surface area contributed by atoms with Crippen LogP contribution in [0.4, 0.5) is 4.39 Å². The van der Waals surface area contributed by atoms with E-state index in [4.69, 9.17) is 4.74 Å². The summed E-state index contributed by atoms with van der Waals surface area (Å²) >= 11 is 1.30. The maximum absolute atomic E-state index is 14.3. The number of aromatic nitrogens is 3. The van der Waals surface area contributed by atoms with Crippen molar-refractivity contribution in [3.8, 4) is 17.1 Å². The molecular formula is C19H16FN3O2S. The van der Waals surface area contributed by atoms with Crippen LogP contribution in [0, 0.1) is 12.7 Å². The van der Waals surface area contributed by atoms with Crippen molar-refractivity contribution in [1.82, 2.24) is 14.8 Å².